The molecule has 0 aromatic heterocycles. The second-order valence-electron chi connectivity index (χ2n) is 7.24. The highest BCUT2D eigenvalue weighted by Crippen LogP contribution is 2.47. The Morgan fingerprint density at radius 2 is 1.69 bits per heavy atom. The lowest BCUT2D eigenvalue weighted by Crippen LogP contribution is -2.39. The number of carbonyl (C=O) groups is 1. The number of anilines is 1. The first-order valence-electron chi connectivity index (χ1n) is 9.71. The molecular weight excluding hydrogens is 419 g/mol. The standard InChI is InChI=1S/C25H18F3NO3/c1-32-21-13-6-5-10-18(21)14-15-24(31)19-11-7-12-20(25(26,27)28)22(19)29(23(24)30)16-17-8-3-2-4-9-17/h2-13,31H,16H2,1H3/t24-/m0/s1. The Hall–Kier alpha value is -3.76. The number of ether oxygens (including phenoxy) is 1. The number of halogens is 3. The van der Waals surface area contributed by atoms with E-state index < -0.39 is 23.2 Å². The van der Waals surface area contributed by atoms with E-state index in [-0.39, 0.29) is 17.8 Å². The van der Waals surface area contributed by atoms with E-state index in [2.05, 4.69) is 11.8 Å². The summed E-state index contributed by atoms with van der Waals surface area (Å²) >= 11 is 0. The van der Waals surface area contributed by atoms with Crippen LogP contribution in [0.3, 0.4) is 0 Å². The van der Waals surface area contributed by atoms with Gasteiger partial charge >= 0.3 is 6.18 Å². The number of nitrogens with zero attached hydrogens (tertiary/aromatic N) is 1. The molecule has 0 fully saturated rings. The van der Waals surface area contributed by atoms with Gasteiger partial charge in [-0.1, -0.05) is 60.5 Å². The van der Waals surface area contributed by atoms with Crippen LogP contribution in [0.15, 0.2) is 72.8 Å². The van der Waals surface area contributed by atoms with Crippen molar-refractivity contribution in [2.75, 3.05) is 12.0 Å². The SMILES string of the molecule is COc1ccccc1C#C[C@@]1(O)C(=O)N(Cc2ccccc2)c2c(C(F)(F)F)cccc21. The van der Waals surface area contributed by atoms with E-state index in [0.717, 1.165) is 17.0 Å². The molecule has 0 unspecified atom stereocenters. The molecule has 1 amide bonds. The lowest BCUT2D eigenvalue weighted by molar-refractivity contribution is -0.137. The minimum absolute atomic E-state index is 0.140. The van der Waals surface area contributed by atoms with Crippen molar-refractivity contribution in [2.45, 2.75) is 18.3 Å². The first-order chi connectivity index (χ1) is 15.3. The monoisotopic (exact) mass is 437 g/mol. The molecular formula is C25H18F3NO3. The van der Waals surface area contributed by atoms with Gasteiger partial charge < -0.3 is 14.7 Å². The van der Waals surface area contributed by atoms with Crippen molar-refractivity contribution < 1.29 is 27.8 Å². The van der Waals surface area contributed by atoms with E-state index in [0.29, 0.717) is 16.9 Å². The molecule has 0 radical (unpaired) electrons. The highest BCUT2D eigenvalue weighted by atomic mass is 19.4. The molecule has 0 saturated carbocycles. The summed E-state index contributed by atoms with van der Waals surface area (Å²) < 4.78 is 46.7. The fourth-order valence-electron chi connectivity index (χ4n) is 3.71. The van der Waals surface area contributed by atoms with Crippen LogP contribution in [-0.4, -0.2) is 18.1 Å². The summed E-state index contributed by atoms with van der Waals surface area (Å²) in [6.45, 7) is -0.140. The van der Waals surface area contributed by atoms with Crippen LogP contribution in [0.4, 0.5) is 18.9 Å². The number of benzene rings is 3. The van der Waals surface area contributed by atoms with Gasteiger partial charge in [0.05, 0.1) is 30.5 Å². The maximum absolute atomic E-state index is 13.8. The molecule has 0 bridgehead atoms. The molecule has 162 valence electrons. The summed E-state index contributed by atoms with van der Waals surface area (Å²) in [5.74, 6) is 4.70. The summed E-state index contributed by atoms with van der Waals surface area (Å²) in [6.07, 6.45) is -4.72. The second kappa shape index (κ2) is 8.06. The molecule has 1 aliphatic heterocycles. The Bertz CT molecular complexity index is 1230. The number of alkyl halides is 3. The van der Waals surface area contributed by atoms with Gasteiger partial charge in [-0.05, 0) is 29.7 Å². The predicted molar refractivity (Wildman–Crippen MR) is 113 cm³/mol. The smallest absolute Gasteiger partial charge is 0.418 e. The fourth-order valence-corrected chi connectivity index (χ4v) is 3.71. The van der Waals surface area contributed by atoms with Crippen LogP contribution in [0.25, 0.3) is 0 Å². The summed E-state index contributed by atoms with van der Waals surface area (Å²) in [4.78, 5) is 14.3. The van der Waals surface area contributed by atoms with E-state index in [4.69, 9.17) is 4.74 Å². The number of hydrogen-bond acceptors (Lipinski definition) is 3. The summed E-state index contributed by atoms with van der Waals surface area (Å²) in [5, 5.41) is 11.3. The highest BCUT2D eigenvalue weighted by Gasteiger charge is 2.52. The van der Waals surface area contributed by atoms with E-state index in [9.17, 15) is 23.1 Å². The number of rotatable bonds is 3. The molecule has 32 heavy (non-hydrogen) atoms. The van der Waals surface area contributed by atoms with Crippen molar-refractivity contribution >= 4 is 11.6 Å². The minimum Gasteiger partial charge on any atom is -0.495 e. The van der Waals surface area contributed by atoms with Crippen molar-refractivity contribution in [3.63, 3.8) is 0 Å². The largest absolute Gasteiger partial charge is 0.495 e. The van der Waals surface area contributed by atoms with E-state index in [1.54, 1.807) is 54.6 Å². The molecule has 1 atom stereocenters. The van der Waals surface area contributed by atoms with Gasteiger partial charge in [0.1, 0.15) is 5.75 Å². The number of amides is 1. The van der Waals surface area contributed by atoms with Crippen LogP contribution < -0.4 is 9.64 Å². The Morgan fingerprint density at radius 1 is 1.00 bits per heavy atom. The predicted octanol–water partition coefficient (Wildman–Crippen LogP) is 4.50. The zero-order chi connectivity index (χ0) is 22.9. The van der Waals surface area contributed by atoms with Crippen LogP contribution >= 0.6 is 0 Å². The van der Waals surface area contributed by atoms with Gasteiger partial charge in [0, 0.05) is 5.56 Å². The van der Waals surface area contributed by atoms with Gasteiger partial charge in [-0.25, -0.2) is 0 Å². The number of methoxy groups -OCH3 is 1. The van der Waals surface area contributed by atoms with E-state index in [1.165, 1.54) is 13.2 Å². The van der Waals surface area contributed by atoms with Crippen LogP contribution in [0, 0.1) is 11.8 Å². The number of para-hydroxylation sites is 2. The normalized spacial score (nSPS) is 17.5. The van der Waals surface area contributed by atoms with E-state index >= 15 is 0 Å². The van der Waals surface area contributed by atoms with Crippen LogP contribution in [0.1, 0.15) is 22.3 Å². The van der Waals surface area contributed by atoms with Gasteiger partial charge in [-0.15, -0.1) is 0 Å². The Labute approximate surface area is 182 Å². The number of aliphatic hydroxyl groups is 1. The van der Waals surface area contributed by atoms with Crippen molar-refractivity contribution in [3.8, 4) is 17.6 Å². The maximum Gasteiger partial charge on any atom is 0.418 e. The molecule has 1 aliphatic rings. The Balaban J connectivity index is 1.88. The lowest BCUT2D eigenvalue weighted by Gasteiger charge is -2.21. The number of carbonyl (C=O) groups excluding carboxylic acids is 1. The molecule has 1 heterocycles. The number of fused-ring (bicyclic) bond motifs is 1. The van der Waals surface area contributed by atoms with E-state index in [1.807, 2.05) is 0 Å². The summed E-state index contributed by atoms with van der Waals surface area (Å²) in [6, 6.07) is 18.7. The van der Waals surface area contributed by atoms with Gasteiger partial charge in [-0.3, -0.25) is 4.79 Å². The van der Waals surface area contributed by atoms with Crippen molar-refractivity contribution in [3.05, 3.63) is 95.1 Å². The third-order valence-corrected chi connectivity index (χ3v) is 5.22. The van der Waals surface area contributed by atoms with Crippen molar-refractivity contribution in [2.24, 2.45) is 0 Å². The van der Waals surface area contributed by atoms with Crippen LogP contribution in [0.2, 0.25) is 0 Å². The molecule has 0 saturated heterocycles. The third kappa shape index (κ3) is 3.70. The first kappa shape index (κ1) is 21.5. The molecule has 7 heteroatoms. The zero-order valence-corrected chi connectivity index (χ0v) is 17.0. The molecule has 1 N–H and O–H groups in total. The lowest BCUT2D eigenvalue weighted by atomic mass is 9.94. The van der Waals surface area contributed by atoms with Crippen molar-refractivity contribution in [1.82, 2.24) is 0 Å². The van der Waals surface area contributed by atoms with Crippen molar-refractivity contribution in [1.29, 1.82) is 0 Å². The fraction of sp³-hybridized carbons (Fsp3) is 0.160. The Morgan fingerprint density at radius 3 is 2.38 bits per heavy atom. The topological polar surface area (TPSA) is 49.8 Å². The average molecular weight is 437 g/mol. The zero-order valence-electron chi connectivity index (χ0n) is 17.0. The maximum atomic E-state index is 13.8. The van der Waals surface area contributed by atoms with Gasteiger partial charge in [0.2, 0.25) is 5.60 Å². The summed E-state index contributed by atoms with van der Waals surface area (Å²) in [5.41, 5.74) is -3.01. The minimum atomic E-state index is -4.72. The third-order valence-electron chi connectivity index (χ3n) is 5.22. The molecule has 3 aromatic carbocycles. The van der Waals surface area contributed by atoms with Crippen LogP contribution in [-0.2, 0) is 23.1 Å². The highest BCUT2D eigenvalue weighted by molar-refractivity contribution is 6.09. The number of hydrogen-bond donors (Lipinski definition) is 1. The molecule has 0 aliphatic carbocycles. The molecule has 4 nitrogen and oxygen atoms in total. The molecule has 3 aromatic rings. The van der Waals surface area contributed by atoms with Gasteiger partial charge in [0.15, 0.2) is 0 Å². The second-order valence-corrected chi connectivity index (χ2v) is 7.24. The summed E-state index contributed by atoms with van der Waals surface area (Å²) in [7, 11) is 1.45. The molecule has 0 spiro atoms. The quantitative estimate of drug-likeness (QED) is 0.614. The van der Waals surface area contributed by atoms with Crippen LogP contribution in [0.5, 0.6) is 5.75 Å². The Kier molecular flexibility index (Phi) is 5.41. The molecule has 4 rings (SSSR count). The van der Waals surface area contributed by atoms with Gasteiger partial charge in [-0.2, -0.15) is 13.2 Å². The first-order valence-corrected chi connectivity index (χ1v) is 9.71. The average Bonchev–Trinajstić information content (AvgIpc) is 3.00. The van der Waals surface area contributed by atoms with Gasteiger partial charge in [0.25, 0.3) is 5.91 Å².